The molecule has 0 bridgehead atoms. The first-order valence-corrected chi connectivity index (χ1v) is 9.76. The molecule has 0 aromatic heterocycles. The number of amides is 1. The first-order valence-electron chi connectivity index (χ1n) is 8.32. The van der Waals surface area contributed by atoms with Crippen LogP contribution in [0.15, 0.2) is 24.3 Å². The van der Waals surface area contributed by atoms with Crippen LogP contribution in [-0.2, 0) is 19.7 Å². The van der Waals surface area contributed by atoms with E-state index in [9.17, 15) is 18.3 Å². The third-order valence-electron chi connectivity index (χ3n) is 3.98. The number of phenolic OH excluding ortho intramolecular Hbond substituents is 1. The van der Waals surface area contributed by atoms with Gasteiger partial charge in [0.05, 0.1) is 6.61 Å². The molecule has 0 spiro atoms. The lowest BCUT2D eigenvalue weighted by molar-refractivity contribution is -0.117. The molecule has 0 radical (unpaired) electrons. The Morgan fingerprint density at radius 2 is 2.07 bits per heavy atom. The molecule has 0 atom stereocenters. The Balaban J connectivity index is 1.93. The van der Waals surface area contributed by atoms with Crippen LogP contribution in [-0.4, -0.2) is 45.8 Å². The summed E-state index contributed by atoms with van der Waals surface area (Å²) in [5.41, 5.74) is -0.575. The molecule has 1 amide bonds. The fourth-order valence-electron chi connectivity index (χ4n) is 2.78. The van der Waals surface area contributed by atoms with E-state index in [1.807, 2.05) is 6.92 Å². The second kappa shape index (κ2) is 7.57. The number of nitrogens with zero attached hydrogens (tertiary/aromatic N) is 1. The molecular formula is C17H19FN2O6S. The molecule has 0 saturated carbocycles. The lowest BCUT2D eigenvalue weighted by Crippen LogP contribution is -2.30. The summed E-state index contributed by atoms with van der Waals surface area (Å²) >= 11 is 0. The number of hydrogen-bond acceptors (Lipinski definition) is 6. The van der Waals surface area contributed by atoms with Crippen molar-refractivity contribution >= 4 is 32.6 Å². The monoisotopic (exact) mass is 398 g/mol. The molecule has 1 heterocycles. The topological polar surface area (TPSA) is 105 Å². The van der Waals surface area contributed by atoms with E-state index in [1.165, 1.54) is 12.1 Å². The van der Waals surface area contributed by atoms with Gasteiger partial charge in [0.2, 0.25) is 0 Å². The van der Waals surface area contributed by atoms with E-state index in [4.69, 9.17) is 9.47 Å². The van der Waals surface area contributed by atoms with Gasteiger partial charge >= 0.3 is 10.2 Å². The lowest BCUT2D eigenvalue weighted by Gasteiger charge is -2.18. The Hall–Kier alpha value is -2.59. The molecule has 2 N–H and O–H groups in total. The van der Waals surface area contributed by atoms with Crippen molar-refractivity contribution < 1.29 is 32.2 Å². The van der Waals surface area contributed by atoms with Gasteiger partial charge in [0, 0.05) is 25.0 Å². The van der Waals surface area contributed by atoms with Crippen molar-refractivity contribution in [3.63, 3.8) is 0 Å². The van der Waals surface area contributed by atoms with Crippen LogP contribution in [0.4, 0.5) is 10.1 Å². The third-order valence-corrected chi connectivity index (χ3v) is 5.36. The Bertz CT molecular complexity index is 979. The number of ether oxygens (including phenoxy) is 2. The average Bonchev–Trinajstić information content (AvgIpc) is 2.87. The Morgan fingerprint density at radius 3 is 2.74 bits per heavy atom. The minimum Gasteiger partial charge on any atom is -0.506 e. The Labute approximate surface area is 155 Å². The standard InChI is InChI=1S/C17H19FN2O6S/c1-2-25-6-3-7-26-12-5-4-11-8-14(21)17(16(18)13(11)9-12)20-10-15(22)19-27(20,23)24/h4-5,8-9,21H,2-3,6-7,10H2,1H3,(H,19,22). The highest BCUT2D eigenvalue weighted by molar-refractivity contribution is 7.92. The van der Waals surface area contributed by atoms with E-state index in [0.29, 0.717) is 41.7 Å². The molecule has 1 aliphatic rings. The van der Waals surface area contributed by atoms with E-state index < -0.39 is 39.9 Å². The normalized spacial score (nSPS) is 15.9. The Morgan fingerprint density at radius 1 is 1.30 bits per heavy atom. The van der Waals surface area contributed by atoms with E-state index in [1.54, 1.807) is 16.9 Å². The quantitative estimate of drug-likeness (QED) is 0.688. The minimum atomic E-state index is -4.25. The van der Waals surface area contributed by atoms with Crippen LogP contribution < -0.4 is 13.8 Å². The van der Waals surface area contributed by atoms with Gasteiger partial charge in [0.1, 0.15) is 23.7 Å². The van der Waals surface area contributed by atoms with Gasteiger partial charge in [-0.1, -0.05) is 6.07 Å². The molecule has 0 aliphatic carbocycles. The van der Waals surface area contributed by atoms with Crippen molar-refractivity contribution in [2.24, 2.45) is 0 Å². The predicted molar refractivity (Wildman–Crippen MR) is 96.6 cm³/mol. The molecule has 27 heavy (non-hydrogen) atoms. The Kier molecular flexibility index (Phi) is 5.38. The van der Waals surface area contributed by atoms with Gasteiger partial charge in [0.15, 0.2) is 5.82 Å². The predicted octanol–water partition coefficient (Wildman–Crippen LogP) is 1.67. The molecule has 2 aromatic carbocycles. The van der Waals surface area contributed by atoms with Gasteiger partial charge in [0.25, 0.3) is 5.91 Å². The zero-order chi connectivity index (χ0) is 19.6. The van der Waals surface area contributed by atoms with Crippen LogP contribution in [0.25, 0.3) is 10.8 Å². The van der Waals surface area contributed by atoms with Crippen molar-refractivity contribution in [1.82, 2.24) is 4.72 Å². The highest BCUT2D eigenvalue weighted by Gasteiger charge is 2.37. The van der Waals surface area contributed by atoms with Crippen molar-refractivity contribution in [3.8, 4) is 11.5 Å². The summed E-state index contributed by atoms with van der Waals surface area (Å²) in [5, 5.41) is 10.6. The first kappa shape index (κ1) is 19.2. The zero-order valence-electron chi connectivity index (χ0n) is 14.6. The summed E-state index contributed by atoms with van der Waals surface area (Å²) < 4.78 is 52.0. The van der Waals surface area contributed by atoms with Gasteiger partial charge in [-0.15, -0.1) is 0 Å². The smallest absolute Gasteiger partial charge is 0.326 e. The molecule has 146 valence electrons. The molecule has 1 saturated heterocycles. The second-order valence-corrected chi connectivity index (χ2v) is 7.47. The van der Waals surface area contributed by atoms with E-state index in [2.05, 4.69) is 0 Å². The number of benzene rings is 2. The average molecular weight is 398 g/mol. The zero-order valence-corrected chi connectivity index (χ0v) is 15.4. The number of carbonyl (C=O) groups is 1. The van der Waals surface area contributed by atoms with Crippen molar-refractivity contribution in [2.75, 3.05) is 30.7 Å². The van der Waals surface area contributed by atoms with Crippen LogP contribution in [0.1, 0.15) is 13.3 Å². The number of anilines is 1. The fourth-order valence-corrected chi connectivity index (χ4v) is 3.94. The number of phenols is 1. The first-order chi connectivity index (χ1) is 12.8. The number of fused-ring (bicyclic) bond motifs is 1. The van der Waals surface area contributed by atoms with Crippen molar-refractivity contribution in [2.45, 2.75) is 13.3 Å². The van der Waals surface area contributed by atoms with Crippen molar-refractivity contribution in [1.29, 1.82) is 0 Å². The highest BCUT2D eigenvalue weighted by atomic mass is 32.2. The van der Waals surface area contributed by atoms with Gasteiger partial charge in [-0.05, 0) is 30.5 Å². The lowest BCUT2D eigenvalue weighted by atomic mass is 10.1. The summed E-state index contributed by atoms with van der Waals surface area (Å²) in [6, 6.07) is 5.85. The maximum Gasteiger partial charge on any atom is 0.326 e. The number of aromatic hydroxyl groups is 1. The molecule has 10 heteroatoms. The summed E-state index contributed by atoms with van der Waals surface area (Å²) in [6.45, 7) is 2.82. The summed E-state index contributed by atoms with van der Waals surface area (Å²) in [7, 11) is -4.25. The molecule has 0 unspecified atom stereocenters. The van der Waals surface area contributed by atoms with Crippen LogP contribution in [0.2, 0.25) is 0 Å². The third kappa shape index (κ3) is 3.91. The van der Waals surface area contributed by atoms with E-state index in [-0.39, 0.29) is 5.39 Å². The van der Waals surface area contributed by atoms with Crippen LogP contribution in [0.5, 0.6) is 11.5 Å². The number of halogens is 1. The highest BCUT2D eigenvalue weighted by Crippen LogP contribution is 2.39. The maximum absolute atomic E-state index is 15.0. The molecule has 1 aliphatic heterocycles. The minimum absolute atomic E-state index is 0.0691. The summed E-state index contributed by atoms with van der Waals surface area (Å²) in [5.74, 6) is -1.94. The number of hydrogen-bond donors (Lipinski definition) is 2. The molecule has 2 aromatic rings. The molecule has 1 fully saturated rings. The van der Waals surface area contributed by atoms with Crippen LogP contribution in [0, 0.1) is 5.82 Å². The van der Waals surface area contributed by atoms with E-state index >= 15 is 4.39 Å². The van der Waals surface area contributed by atoms with Gasteiger partial charge in [-0.2, -0.15) is 8.42 Å². The molecule has 8 nitrogen and oxygen atoms in total. The summed E-state index contributed by atoms with van der Waals surface area (Å²) in [4.78, 5) is 11.4. The van der Waals surface area contributed by atoms with Gasteiger partial charge in [-0.3, -0.25) is 4.79 Å². The van der Waals surface area contributed by atoms with Crippen LogP contribution >= 0.6 is 0 Å². The second-order valence-electron chi connectivity index (χ2n) is 5.88. The fraction of sp³-hybridized carbons (Fsp3) is 0.353. The molecule has 3 rings (SSSR count). The SMILES string of the molecule is CCOCCCOc1ccc2cc(O)c(N3CC(=O)NS3(=O)=O)c(F)c2c1. The van der Waals surface area contributed by atoms with Gasteiger partial charge < -0.3 is 14.6 Å². The van der Waals surface area contributed by atoms with Gasteiger partial charge in [-0.25, -0.2) is 13.4 Å². The number of rotatable bonds is 7. The number of nitrogens with one attached hydrogen (secondary N) is 1. The number of carbonyl (C=O) groups excluding carboxylic acids is 1. The van der Waals surface area contributed by atoms with E-state index in [0.717, 1.165) is 0 Å². The van der Waals surface area contributed by atoms with Crippen LogP contribution in [0.3, 0.4) is 0 Å². The van der Waals surface area contributed by atoms with Crippen molar-refractivity contribution in [3.05, 3.63) is 30.1 Å². The molecular weight excluding hydrogens is 379 g/mol. The summed E-state index contributed by atoms with van der Waals surface area (Å²) in [6.07, 6.45) is 0.662. The maximum atomic E-state index is 15.0. The largest absolute Gasteiger partial charge is 0.506 e.